The van der Waals surface area contributed by atoms with Gasteiger partial charge in [-0.25, -0.2) is 13.2 Å². The summed E-state index contributed by atoms with van der Waals surface area (Å²) in [6, 6.07) is 0.0559. The molecule has 9 heteroatoms. The van der Waals surface area contributed by atoms with E-state index >= 15 is 0 Å². The Hall–Kier alpha value is -1.80. The standard InChI is InChI=1S/C13H16F3N3O2.ClH/c1-6(2)12(17)13(21)18-5-11(20)19-10-4-8(15)7(14)3-9(10)16;/h3-4,6,12H,5,17H2,1-2H3,(H,18,21)(H,19,20);1H/t12-;/m0./s1. The molecule has 0 spiro atoms. The molecule has 1 atom stereocenters. The number of amides is 2. The summed E-state index contributed by atoms with van der Waals surface area (Å²) in [6.45, 7) is 3.01. The monoisotopic (exact) mass is 339 g/mol. The third kappa shape index (κ3) is 5.53. The molecule has 4 N–H and O–H groups in total. The first-order valence-corrected chi connectivity index (χ1v) is 6.20. The van der Waals surface area contributed by atoms with Gasteiger partial charge in [0.2, 0.25) is 11.8 Å². The normalized spacial score (nSPS) is 11.6. The van der Waals surface area contributed by atoms with Crippen LogP contribution in [0.25, 0.3) is 0 Å². The smallest absolute Gasteiger partial charge is 0.243 e. The topological polar surface area (TPSA) is 84.2 Å². The number of benzene rings is 1. The molecule has 0 heterocycles. The second kappa shape index (κ2) is 8.60. The highest BCUT2D eigenvalue weighted by molar-refractivity contribution is 5.95. The number of carbonyl (C=O) groups excluding carboxylic acids is 2. The molecular formula is C13H17ClF3N3O2. The molecule has 0 bridgehead atoms. The Morgan fingerprint density at radius 2 is 1.68 bits per heavy atom. The molecule has 0 fully saturated rings. The molecule has 1 aromatic carbocycles. The minimum atomic E-state index is -1.36. The van der Waals surface area contributed by atoms with Crippen LogP contribution in [0.5, 0.6) is 0 Å². The van der Waals surface area contributed by atoms with Crippen LogP contribution in [-0.2, 0) is 9.59 Å². The number of halogens is 4. The van der Waals surface area contributed by atoms with Crippen LogP contribution in [0.4, 0.5) is 18.9 Å². The van der Waals surface area contributed by atoms with Gasteiger partial charge in [0.05, 0.1) is 18.3 Å². The van der Waals surface area contributed by atoms with Gasteiger partial charge in [0.1, 0.15) is 5.82 Å². The van der Waals surface area contributed by atoms with Gasteiger partial charge in [0.15, 0.2) is 11.6 Å². The van der Waals surface area contributed by atoms with Crippen molar-refractivity contribution >= 4 is 29.9 Å². The molecule has 0 unspecified atom stereocenters. The molecule has 0 aromatic heterocycles. The molecule has 0 aliphatic carbocycles. The van der Waals surface area contributed by atoms with Crippen molar-refractivity contribution in [3.8, 4) is 0 Å². The van der Waals surface area contributed by atoms with Crippen molar-refractivity contribution in [2.45, 2.75) is 19.9 Å². The van der Waals surface area contributed by atoms with E-state index < -0.39 is 47.5 Å². The summed E-state index contributed by atoms with van der Waals surface area (Å²) in [7, 11) is 0. The predicted octanol–water partition coefficient (Wildman–Crippen LogP) is 1.56. The Morgan fingerprint density at radius 1 is 1.14 bits per heavy atom. The number of anilines is 1. The molecule has 0 aliphatic heterocycles. The second-order valence-electron chi connectivity index (χ2n) is 4.78. The maximum Gasteiger partial charge on any atom is 0.243 e. The van der Waals surface area contributed by atoms with Crippen molar-refractivity contribution in [3.05, 3.63) is 29.6 Å². The van der Waals surface area contributed by atoms with Crippen LogP contribution < -0.4 is 16.4 Å². The fourth-order valence-electron chi connectivity index (χ4n) is 1.40. The first-order valence-electron chi connectivity index (χ1n) is 6.20. The van der Waals surface area contributed by atoms with Gasteiger partial charge in [-0.3, -0.25) is 9.59 Å². The summed E-state index contributed by atoms with van der Waals surface area (Å²) < 4.78 is 39.0. The Labute approximate surface area is 131 Å². The van der Waals surface area contributed by atoms with E-state index in [0.29, 0.717) is 12.1 Å². The maximum atomic E-state index is 13.3. The molecule has 0 saturated heterocycles. The van der Waals surface area contributed by atoms with Crippen LogP contribution in [0, 0.1) is 23.4 Å². The van der Waals surface area contributed by atoms with Crippen molar-refractivity contribution in [3.63, 3.8) is 0 Å². The van der Waals surface area contributed by atoms with Crippen LogP contribution in [0.1, 0.15) is 13.8 Å². The lowest BCUT2D eigenvalue weighted by atomic mass is 10.1. The maximum absolute atomic E-state index is 13.3. The molecule has 0 radical (unpaired) electrons. The summed E-state index contributed by atoms with van der Waals surface area (Å²) in [5.74, 6) is -5.21. The van der Waals surface area contributed by atoms with Gasteiger partial charge in [0.25, 0.3) is 0 Å². The van der Waals surface area contributed by atoms with E-state index in [1.165, 1.54) is 0 Å². The Morgan fingerprint density at radius 3 is 2.23 bits per heavy atom. The fraction of sp³-hybridized carbons (Fsp3) is 0.385. The zero-order valence-corrected chi connectivity index (χ0v) is 12.8. The number of hydrogen-bond donors (Lipinski definition) is 3. The molecule has 1 aromatic rings. The van der Waals surface area contributed by atoms with Gasteiger partial charge in [-0.2, -0.15) is 0 Å². The Bertz CT molecular complexity index is 556. The van der Waals surface area contributed by atoms with E-state index in [2.05, 4.69) is 5.32 Å². The van der Waals surface area contributed by atoms with Gasteiger partial charge in [-0.15, -0.1) is 12.4 Å². The summed E-state index contributed by atoms with van der Waals surface area (Å²) in [4.78, 5) is 23.0. The third-order valence-corrected chi connectivity index (χ3v) is 2.73. The van der Waals surface area contributed by atoms with E-state index in [1.807, 2.05) is 5.32 Å². The summed E-state index contributed by atoms with van der Waals surface area (Å²) in [5.41, 5.74) is 5.05. The number of nitrogens with one attached hydrogen (secondary N) is 2. The van der Waals surface area contributed by atoms with Crippen molar-refractivity contribution in [2.24, 2.45) is 11.7 Å². The largest absolute Gasteiger partial charge is 0.346 e. The second-order valence-corrected chi connectivity index (χ2v) is 4.78. The molecule has 124 valence electrons. The molecule has 22 heavy (non-hydrogen) atoms. The highest BCUT2D eigenvalue weighted by atomic mass is 35.5. The zero-order valence-electron chi connectivity index (χ0n) is 12.0. The van der Waals surface area contributed by atoms with E-state index in [4.69, 9.17) is 5.73 Å². The molecule has 0 saturated carbocycles. The minimum absolute atomic E-state index is 0. The predicted molar refractivity (Wildman–Crippen MR) is 78.0 cm³/mol. The highest BCUT2D eigenvalue weighted by Gasteiger charge is 2.18. The Balaban J connectivity index is 0.00000441. The van der Waals surface area contributed by atoms with Crippen LogP contribution in [0.3, 0.4) is 0 Å². The van der Waals surface area contributed by atoms with Gasteiger partial charge < -0.3 is 16.4 Å². The lowest BCUT2D eigenvalue weighted by molar-refractivity contribution is -0.125. The highest BCUT2D eigenvalue weighted by Crippen LogP contribution is 2.18. The quantitative estimate of drug-likeness (QED) is 0.712. The summed E-state index contributed by atoms with van der Waals surface area (Å²) in [5, 5.41) is 4.29. The third-order valence-electron chi connectivity index (χ3n) is 2.73. The number of nitrogens with two attached hydrogens (primary N) is 1. The summed E-state index contributed by atoms with van der Waals surface area (Å²) in [6.07, 6.45) is 0. The molecule has 2 amide bonds. The van der Waals surface area contributed by atoms with E-state index in [-0.39, 0.29) is 18.3 Å². The number of carbonyl (C=O) groups is 2. The van der Waals surface area contributed by atoms with Gasteiger partial charge in [-0.1, -0.05) is 13.8 Å². The average Bonchev–Trinajstić information content (AvgIpc) is 2.41. The van der Waals surface area contributed by atoms with E-state index in [9.17, 15) is 22.8 Å². The number of hydrogen-bond acceptors (Lipinski definition) is 3. The Kier molecular flexibility index (Phi) is 7.89. The fourth-order valence-corrected chi connectivity index (χ4v) is 1.40. The first-order chi connectivity index (χ1) is 9.72. The van der Waals surface area contributed by atoms with Gasteiger partial charge in [0, 0.05) is 12.1 Å². The van der Waals surface area contributed by atoms with E-state index in [0.717, 1.165) is 0 Å². The van der Waals surface area contributed by atoms with Crippen LogP contribution in [-0.4, -0.2) is 24.4 Å². The van der Waals surface area contributed by atoms with Crippen LogP contribution in [0.15, 0.2) is 12.1 Å². The lowest BCUT2D eigenvalue weighted by Crippen LogP contribution is -2.46. The van der Waals surface area contributed by atoms with Crippen LogP contribution >= 0.6 is 12.4 Å². The zero-order chi connectivity index (χ0) is 16.2. The van der Waals surface area contributed by atoms with Gasteiger partial charge in [-0.05, 0) is 5.92 Å². The van der Waals surface area contributed by atoms with E-state index in [1.54, 1.807) is 13.8 Å². The van der Waals surface area contributed by atoms with Gasteiger partial charge >= 0.3 is 0 Å². The lowest BCUT2D eigenvalue weighted by Gasteiger charge is -2.15. The molecule has 1 rings (SSSR count). The van der Waals surface area contributed by atoms with Crippen LogP contribution in [0.2, 0.25) is 0 Å². The van der Waals surface area contributed by atoms with Crippen molar-refractivity contribution in [1.29, 1.82) is 0 Å². The number of rotatable bonds is 5. The summed E-state index contributed by atoms with van der Waals surface area (Å²) >= 11 is 0. The average molecular weight is 340 g/mol. The minimum Gasteiger partial charge on any atom is -0.346 e. The van der Waals surface area contributed by atoms with Crippen molar-refractivity contribution in [1.82, 2.24) is 5.32 Å². The van der Waals surface area contributed by atoms with Crippen molar-refractivity contribution in [2.75, 3.05) is 11.9 Å². The van der Waals surface area contributed by atoms with Crippen molar-refractivity contribution < 1.29 is 22.8 Å². The first kappa shape index (κ1) is 20.2. The molecular weight excluding hydrogens is 323 g/mol. The molecule has 5 nitrogen and oxygen atoms in total. The SMILES string of the molecule is CC(C)[C@H](N)C(=O)NCC(=O)Nc1cc(F)c(F)cc1F.Cl. The molecule has 0 aliphatic rings.